The quantitative estimate of drug-likeness (QED) is 0.0146. The van der Waals surface area contributed by atoms with E-state index < -0.39 is 23.9 Å². The maximum absolute atomic E-state index is 11.6. The fraction of sp³-hybridized carbons (Fsp3) is 0.273. The summed E-state index contributed by atoms with van der Waals surface area (Å²) in [6, 6.07) is 58.6. The lowest BCUT2D eigenvalue weighted by Crippen LogP contribution is -2.03. The Labute approximate surface area is 700 Å². The average Bonchev–Trinajstić information content (AvgIpc) is 0.876. The Kier molecular flexibility index (Phi) is 94.5. The van der Waals surface area contributed by atoms with Crippen LogP contribution in [0.5, 0.6) is 0 Å². The third-order valence-electron chi connectivity index (χ3n) is 11.9. The predicted octanol–water partition coefficient (Wildman–Crippen LogP) is 16.3. The maximum Gasteiger partial charge on any atom is 0.331 e. The number of hydrogen-bond donors (Lipinski definition) is 8. The summed E-state index contributed by atoms with van der Waals surface area (Å²) in [6.45, 7) is 22.0. The number of carbonyl (C=O) groups excluding carboxylic acids is 8. The van der Waals surface area contributed by atoms with Crippen LogP contribution in [0.1, 0.15) is 157 Å². The first-order chi connectivity index (χ1) is 51.6. The van der Waals surface area contributed by atoms with Gasteiger partial charge in [-0.15, -0.1) is 0 Å². The first-order valence-electron chi connectivity index (χ1n) is 34.0. The summed E-state index contributed by atoms with van der Waals surface area (Å²) in [5, 5.41) is 0. The molecule has 24 nitrogen and oxygen atoms in total. The van der Waals surface area contributed by atoms with Gasteiger partial charge in [0, 0.05) is 142 Å². The van der Waals surface area contributed by atoms with E-state index in [1.807, 2.05) is 177 Å². The molecule has 0 bridgehead atoms. The van der Waals surface area contributed by atoms with Crippen LogP contribution in [0, 0.1) is 0 Å². The summed E-state index contributed by atoms with van der Waals surface area (Å²) in [5.41, 5.74) is 56.6. The molecule has 0 amide bonds. The van der Waals surface area contributed by atoms with E-state index in [1.54, 1.807) is 97.1 Å². The number of benzene rings is 8. The van der Waals surface area contributed by atoms with Crippen LogP contribution in [0.25, 0.3) is 24.3 Å². The molecule has 8 aromatic carbocycles. The average molecular weight is 1600 g/mol. The van der Waals surface area contributed by atoms with E-state index in [-0.39, 0.29) is 114 Å². The van der Waals surface area contributed by atoms with Crippen molar-refractivity contribution in [3.8, 4) is 0 Å². The molecule has 0 aliphatic rings. The number of nitrogens with two attached hydrogens (primary N) is 8. The lowest BCUT2D eigenvalue weighted by Gasteiger charge is -2.06. The Hall–Kier alpha value is -12.9. The van der Waals surface area contributed by atoms with Crippen LogP contribution in [0.2, 0.25) is 0 Å². The summed E-state index contributed by atoms with van der Waals surface area (Å²) in [4.78, 5) is 84.7. The molecular weight excluding hydrogens is 1470 g/mol. The van der Waals surface area contributed by atoms with Crippen LogP contribution in [0.4, 0.5) is 45.5 Å². The van der Waals surface area contributed by atoms with Crippen molar-refractivity contribution in [2.45, 2.75) is 139 Å². The van der Waals surface area contributed by atoms with Crippen LogP contribution in [-0.2, 0) is 103 Å². The first-order valence-corrected chi connectivity index (χ1v) is 34.0. The van der Waals surface area contributed by atoms with Gasteiger partial charge in [-0.05, 0) is 118 Å². The zero-order chi connectivity index (χ0) is 82.6. The topological polar surface area (TPSA) is 419 Å². The van der Waals surface area contributed by atoms with Crippen LogP contribution in [0.15, 0.2) is 218 Å². The van der Waals surface area contributed by atoms with Gasteiger partial charge < -0.3 is 83.8 Å². The molecular formula is C88H128B4N8O16. The lowest BCUT2D eigenvalue weighted by molar-refractivity contribution is -0.139. The molecule has 0 aliphatic heterocycles. The van der Waals surface area contributed by atoms with Crippen molar-refractivity contribution in [1.82, 2.24) is 0 Å². The lowest BCUT2D eigenvalue weighted by atomic mass is 10.2. The summed E-state index contributed by atoms with van der Waals surface area (Å²) in [7, 11) is 5.40. The minimum absolute atomic E-state index is 0. The number of carbonyl (C=O) groups is 8. The van der Waals surface area contributed by atoms with E-state index in [2.05, 4.69) is 18.9 Å². The van der Waals surface area contributed by atoms with Crippen molar-refractivity contribution < 1.29 is 76.3 Å². The van der Waals surface area contributed by atoms with Crippen LogP contribution in [0.3, 0.4) is 0 Å². The Morgan fingerprint density at radius 1 is 0.267 bits per heavy atom. The number of nitrogen functional groups attached to an aromatic ring is 8. The molecule has 116 heavy (non-hydrogen) atoms. The highest BCUT2D eigenvalue weighted by Gasteiger charge is 2.07. The van der Waals surface area contributed by atoms with Crippen molar-refractivity contribution in [1.29, 1.82) is 0 Å². The Balaban J connectivity index is -0.000000110. The van der Waals surface area contributed by atoms with Gasteiger partial charge in [0.05, 0.1) is 28.4 Å². The van der Waals surface area contributed by atoms with Gasteiger partial charge >= 0.3 is 47.8 Å². The first kappa shape index (κ1) is 130. The number of anilines is 8. The maximum atomic E-state index is 11.6. The third kappa shape index (κ3) is 73.9. The zero-order valence-corrected chi connectivity index (χ0v) is 67.4. The number of esters is 8. The summed E-state index contributed by atoms with van der Waals surface area (Å²) in [5.74, 6) is -2.62. The van der Waals surface area contributed by atoms with Gasteiger partial charge in [-0.25, -0.2) is 19.2 Å². The molecule has 8 aromatic rings. The highest BCUT2D eigenvalue weighted by Crippen LogP contribution is 2.20. The van der Waals surface area contributed by atoms with Crippen LogP contribution >= 0.6 is 0 Å². The number of rotatable bonds is 16. The van der Waals surface area contributed by atoms with Crippen molar-refractivity contribution in [2.24, 2.45) is 0 Å². The molecule has 0 saturated heterocycles. The molecule has 0 aliphatic carbocycles. The zero-order valence-electron chi connectivity index (χ0n) is 67.4. The largest absolute Gasteiger partial charge is 0.469 e. The molecule has 8 rings (SSSR count). The summed E-state index contributed by atoms with van der Waals surface area (Å²) in [6.07, 6.45) is 12.4. The molecule has 16 N–H and O–H groups in total. The third-order valence-corrected chi connectivity index (χ3v) is 11.9. The van der Waals surface area contributed by atoms with E-state index in [4.69, 9.17) is 64.8 Å². The second-order valence-electron chi connectivity index (χ2n) is 20.1. The molecule has 628 valence electrons. The smallest absolute Gasteiger partial charge is 0.331 e. The van der Waals surface area contributed by atoms with Crippen molar-refractivity contribution in [3.63, 3.8) is 0 Å². The normalized spacial score (nSPS) is 8.69. The van der Waals surface area contributed by atoms with Crippen LogP contribution in [-0.4, -0.2) is 110 Å². The van der Waals surface area contributed by atoms with Crippen molar-refractivity contribution in [2.75, 3.05) is 74.3 Å². The molecule has 0 heterocycles. The molecule has 0 aromatic heterocycles. The minimum Gasteiger partial charge on any atom is -0.469 e. The Bertz CT molecular complexity index is 3630. The van der Waals surface area contributed by atoms with E-state index in [1.165, 1.54) is 80.4 Å². The second kappa shape index (κ2) is 84.6. The van der Waals surface area contributed by atoms with Gasteiger partial charge in [-0.1, -0.05) is 219 Å². The van der Waals surface area contributed by atoms with Gasteiger partial charge in [-0.2, -0.15) is 0 Å². The number of methoxy groups -OCH3 is 4. The van der Waals surface area contributed by atoms with Crippen molar-refractivity contribution >= 4 is 151 Å². The van der Waals surface area contributed by atoms with E-state index >= 15 is 0 Å². The highest BCUT2D eigenvalue weighted by atomic mass is 16.6. The minimum atomic E-state index is -0.412. The predicted molar refractivity (Wildman–Crippen MR) is 488 cm³/mol. The fourth-order valence-electron chi connectivity index (χ4n) is 6.86. The van der Waals surface area contributed by atoms with E-state index in [0.717, 1.165) is 44.5 Å². The SMILES string of the molecule is C.C.C.C.CC.CC.CC.CC.COC(C)=O.COC(C)=O.COC(C)=O.COC(C)=O.Nc1cc(N)cc(COC(=O)/C=C/c2ccccc2)c1.Nc1cc(N)cc(COC(=O)/C=C/c2ccccc2)c1.Nc1ccc(COC(=O)/C=C/c2ccccc2)c(N)c1.Nc1ccc(COC(=O)/C=C/c2ccccc2)c(N)c1.[B].[B].[B].[B]. The van der Waals surface area contributed by atoms with Crippen molar-refractivity contribution in [3.05, 3.63) is 263 Å². The molecule has 0 spiro atoms. The monoisotopic (exact) mass is 1600 g/mol. The van der Waals surface area contributed by atoms with Gasteiger partial charge in [-0.3, -0.25) is 19.2 Å². The van der Waals surface area contributed by atoms with E-state index in [0.29, 0.717) is 45.5 Å². The Morgan fingerprint density at radius 2 is 0.448 bits per heavy atom. The van der Waals surface area contributed by atoms with Gasteiger partial charge in [0.15, 0.2) is 0 Å². The Morgan fingerprint density at radius 3 is 0.621 bits per heavy atom. The molecule has 0 unspecified atom stereocenters. The molecule has 0 fully saturated rings. The van der Waals surface area contributed by atoms with Gasteiger partial charge in [0.25, 0.3) is 0 Å². The van der Waals surface area contributed by atoms with E-state index in [9.17, 15) is 38.4 Å². The standard InChI is InChI=1S/4C16H16N2O2.4C3H6O2.4C2H6.4CH4.4B/c2*17-14-8-7-13(15(18)10-14)11-20-16(19)9-6-12-4-2-1-3-5-12;2*17-14-8-13(9-15(18)10-14)11-20-16(19)7-6-12-4-2-1-3-5-12;4*1-3(4)5-2;4*1-2;;;;;;;;/h4*1-10H,11,17-18H2;4*1-2H3;4*1-2H3;4*1H4;;;;/b2*9-6+;2*7-6+;;;;;;;;;;;;;;;;. The molecule has 12 radical (unpaired) electrons. The summed E-state index contributed by atoms with van der Waals surface area (Å²) < 4.78 is 36.9. The number of ether oxygens (including phenoxy) is 8. The summed E-state index contributed by atoms with van der Waals surface area (Å²) >= 11 is 0. The number of hydrogen-bond acceptors (Lipinski definition) is 24. The second-order valence-corrected chi connectivity index (χ2v) is 20.1. The highest BCUT2D eigenvalue weighted by molar-refractivity contribution is 5.89. The van der Waals surface area contributed by atoms with Gasteiger partial charge in [0.2, 0.25) is 0 Å². The van der Waals surface area contributed by atoms with Crippen LogP contribution < -0.4 is 45.9 Å². The molecule has 0 atom stereocenters. The molecule has 28 heteroatoms. The fourth-order valence-corrected chi connectivity index (χ4v) is 6.86. The molecule has 0 saturated carbocycles. The van der Waals surface area contributed by atoms with Gasteiger partial charge in [0.1, 0.15) is 26.4 Å².